The molecule has 3 unspecified atom stereocenters. The molecule has 260 valence electrons. The number of sulfone groups is 1. The first-order valence-corrected chi connectivity index (χ1v) is 18.5. The van der Waals surface area contributed by atoms with Gasteiger partial charge in [0.05, 0.1) is 17.3 Å². The zero-order valence-electron chi connectivity index (χ0n) is 28.7. The van der Waals surface area contributed by atoms with Crippen molar-refractivity contribution in [3.05, 3.63) is 12.7 Å². The molecule has 0 bridgehead atoms. The summed E-state index contributed by atoms with van der Waals surface area (Å²) >= 11 is 0. The Labute approximate surface area is 274 Å². The highest BCUT2D eigenvalue weighted by molar-refractivity contribution is 7.91. The van der Waals surface area contributed by atoms with E-state index >= 15 is 0 Å². The number of piperidine rings is 1. The van der Waals surface area contributed by atoms with Gasteiger partial charge in [-0.3, -0.25) is 19.2 Å². The summed E-state index contributed by atoms with van der Waals surface area (Å²) in [5.74, 6) is -2.77. The van der Waals surface area contributed by atoms with Crippen molar-refractivity contribution < 1.29 is 32.4 Å². The van der Waals surface area contributed by atoms with Crippen LogP contribution in [0.1, 0.15) is 93.4 Å². The van der Waals surface area contributed by atoms with E-state index in [2.05, 4.69) is 27.8 Å². The third kappa shape index (κ3) is 8.49. The van der Waals surface area contributed by atoms with Gasteiger partial charge in [0.2, 0.25) is 17.6 Å². The van der Waals surface area contributed by atoms with Crippen molar-refractivity contribution in [2.75, 3.05) is 24.6 Å². The second kappa shape index (κ2) is 14.4. The molecule has 2 aliphatic carbocycles. The van der Waals surface area contributed by atoms with Gasteiger partial charge in [0.25, 0.3) is 5.91 Å². The summed E-state index contributed by atoms with van der Waals surface area (Å²) < 4.78 is 25.3. The van der Waals surface area contributed by atoms with E-state index in [1.54, 1.807) is 6.92 Å². The topological polar surface area (TPSA) is 171 Å². The van der Waals surface area contributed by atoms with Gasteiger partial charge in [-0.25, -0.2) is 13.2 Å². The molecule has 0 aromatic carbocycles. The number of nitrogens with zero attached hydrogens (tertiary/aromatic N) is 1. The van der Waals surface area contributed by atoms with E-state index in [0.29, 0.717) is 25.8 Å². The monoisotopic (exact) mass is 665 g/mol. The van der Waals surface area contributed by atoms with Crippen LogP contribution in [0.4, 0.5) is 4.79 Å². The number of nitrogens with one attached hydrogen (secondary N) is 4. The SMILES string of the molecule is C=CCNC(=O)C(=O)C(CCC)NC(=O)[C@@H]1C2C(CN1C(=O)[C@@H](NC(=O)NC1(CS(=O)(=O)CC)CCCCC1)C(C)(C)C)C2(C)C. The molecule has 2 saturated carbocycles. The fraction of sp³-hybridized carbons (Fsp3) is 0.788. The van der Waals surface area contributed by atoms with E-state index in [1.165, 1.54) is 11.0 Å². The van der Waals surface area contributed by atoms with E-state index in [-0.39, 0.29) is 41.7 Å². The Morgan fingerprint density at radius 3 is 2.20 bits per heavy atom. The van der Waals surface area contributed by atoms with Gasteiger partial charge in [0.15, 0.2) is 9.84 Å². The molecule has 5 atom stereocenters. The van der Waals surface area contributed by atoms with Crippen LogP contribution in [0.5, 0.6) is 0 Å². The lowest BCUT2D eigenvalue weighted by Crippen LogP contribution is -2.64. The van der Waals surface area contributed by atoms with Crippen LogP contribution in [0.2, 0.25) is 0 Å². The number of likely N-dealkylation sites (tertiary alicyclic amines) is 1. The summed E-state index contributed by atoms with van der Waals surface area (Å²) in [6.07, 6.45) is 5.87. The molecule has 4 N–H and O–H groups in total. The summed E-state index contributed by atoms with van der Waals surface area (Å²) in [5, 5.41) is 11.0. The zero-order chi connectivity index (χ0) is 34.7. The molecule has 13 heteroatoms. The summed E-state index contributed by atoms with van der Waals surface area (Å²) in [6, 6.07) is -3.57. The maximum absolute atomic E-state index is 14.3. The molecule has 0 aromatic rings. The summed E-state index contributed by atoms with van der Waals surface area (Å²) in [4.78, 5) is 68.6. The van der Waals surface area contributed by atoms with Crippen molar-refractivity contribution in [1.82, 2.24) is 26.2 Å². The van der Waals surface area contributed by atoms with Crippen molar-refractivity contribution >= 4 is 39.4 Å². The van der Waals surface area contributed by atoms with Crippen LogP contribution in [0, 0.1) is 22.7 Å². The van der Waals surface area contributed by atoms with Crippen molar-refractivity contribution in [2.24, 2.45) is 22.7 Å². The Kier molecular flexibility index (Phi) is 11.8. The number of hydrogen-bond acceptors (Lipinski definition) is 7. The van der Waals surface area contributed by atoms with Gasteiger partial charge in [-0.15, -0.1) is 6.58 Å². The third-order valence-corrected chi connectivity index (χ3v) is 12.0. The number of carbonyl (C=O) groups is 5. The maximum Gasteiger partial charge on any atom is 0.315 e. The van der Waals surface area contributed by atoms with Gasteiger partial charge in [-0.1, -0.05) is 80.2 Å². The number of fused-ring (bicyclic) bond motifs is 1. The molecular weight excluding hydrogens is 610 g/mol. The van der Waals surface area contributed by atoms with Gasteiger partial charge in [0.1, 0.15) is 12.1 Å². The average molecular weight is 666 g/mol. The Balaban J connectivity index is 1.84. The number of rotatable bonds is 14. The third-order valence-electron chi connectivity index (χ3n) is 10.1. The molecule has 46 heavy (non-hydrogen) atoms. The molecule has 12 nitrogen and oxygen atoms in total. The second-order valence-electron chi connectivity index (χ2n) is 15.0. The molecule has 0 radical (unpaired) electrons. The number of carbonyl (C=O) groups excluding carboxylic acids is 5. The smallest absolute Gasteiger partial charge is 0.315 e. The van der Waals surface area contributed by atoms with Crippen molar-refractivity contribution in [3.8, 4) is 0 Å². The number of hydrogen-bond donors (Lipinski definition) is 4. The fourth-order valence-electron chi connectivity index (χ4n) is 7.32. The molecule has 1 saturated heterocycles. The Morgan fingerprint density at radius 1 is 1.02 bits per heavy atom. The predicted molar refractivity (Wildman–Crippen MR) is 176 cm³/mol. The molecule has 5 amide bonds. The summed E-state index contributed by atoms with van der Waals surface area (Å²) in [6.45, 7) is 17.0. The van der Waals surface area contributed by atoms with Gasteiger partial charge < -0.3 is 26.2 Å². The number of urea groups is 1. The van der Waals surface area contributed by atoms with E-state index in [9.17, 15) is 32.4 Å². The Hall–Kier alpha value is -2.96. The van der Waals surface area contributed by atoms with Crippen LogP contribution in [0.25, 0.3) is 0 Å². The minimum Gasteiger partial charge on any atom is -0.346 e. The highest BCUT2D eigenvalue weighted by atomic mass is 32.2. The molecule has 1 aliphatic heterocycles. The molecule has 3 rings (SSSR count). The van der Waals surface area contributed by atoms with Crippen molar-refractivity contribution in [3.63, 3.8) is 0 Å². The van der Waals surface area contributed by atoms with Crippen LogP contribution in [0.3, 0.4) is 0 Å². The quantitative estimate of drug-likeness (QED) is 0.163. The largest absolute Gasteiger partial charge is 0.346 e. The minimum absolute atomic E-state index is 0.0253. The van der Waals surface area contributed by atoms with Crippen molar-refractivity contribution in [2.45, 2.75) is 117 Å². The lowest BCUT2D eigenvalue weighted by molar-refractivity contribution is -0.145. The maximum atomic E-state index is 14.3. The highest BCUT2D eigenvalue weighted by Crippen LogP contribution is 2.65. The lowest BCUT2D eigenvalue weighted by Gasteiger charge is -2.40. The number of Topliss-reactive ketones (excluding diaryl/α,β-unsaturated/α-hetero) is 1. The second-order valence-corrected chi connectivity index (χ2v) is 17.4. The van der Waals surface area contributed by atoms with Crippen LogP contribution < -0.4 is 21.3 Å². The molecule has 0 aromatic heterocycles. The molecule has 1 heterocycles. The number of amides is 5. The normalized spacial score (nSPS) is 24.5. The first kappa shape index (κ1) is 37.5. The summed E-state index contributed by atoms with van der Waals surface area (Å²) in [5.41, 5.74) is -1.87. The van der Waals surface area contributed by atoms with E-state index in [1.807, 2.05) is 41.5 Å². The highest BCUT2D eigenvalue weighted by Gasteiger charge is 2.70. The van der Waals surface area contributed by atoms with Crippen LogP contribution in [0.15, 0.2) is 12.7 Å². The van der Waals surface area contributed by atoms with E-state index in [4.69, 9.17) is 0 Å². The lowest BCUT2D eigenvalue weighted by atomic mass is 9.83. The minimum atomic E-state index is -3.38. The van der Waals surface area contributed by atoms with E-state index in [0.717, 1.165) is 19.3 Å². The number of ketones is 1. The van der Waals surface area contributed by atoms with Crippen LogP contribution >= 0.6 is 0 Å². The molecule has 3 aliphatic rings. The summed E-state index contributed by atoms with van der Waals surface area (Å²) in [7, 11) is -3.38. The van der Waals surface area contributed by atoms with Crippen LogP contribution in [-0.4, -0.2) is 91.1 Å². The van der Waals surface area contributed by atoms with Crippen molar-refractivity contribution in [1.29, 1.82) is 0 Å². The zero-order valence-corrected chi connectivity index (χ0v) is 29.5. The first-order valence-electron chi connectivity index (χ1n) is 16.7. The average Bonchev–Trinajstić information content (AvgIpc) is 3.28. The molecule has 3 fully saturated rings. The van der Waals surface area contributed by atoms with Gasteiger partial charge >= 0.3 is 6.03 Å². The molecular formula is C33H55N5O7S. The van der Waals surface area contributed by atoms with E-state index < -0.39 is 68.5 Å². The Bertz CT molecular complexity index is 1300. The standard InChI is InChI=1S/C33H55N5O7S/c1-9-15-22(25(39)28(41)34-18-10-2)35-27(40)24-23-21(32(23,7)8)19-38(24)29(42)26(31(4,5)6)36-30(43)37-33(16-13-12-14-17-33)20-46(44,45)11-3/h10,21-24,26H,2,9,11-20H2,1,3-8H3,(H,34,41)(H,35,40)(H2,36,37,43)/t21?,22?,23?,24-,26+/m0/s1. The fourth-order valence-corrected chi connectivity index (χ4v) is 8.72. The van der Waals surface area contributed by atoms with Gasteiger partial charge in [0, 0.05) is 18.8 Å². The Morgan fingerprint density at radius 2 is 1.65 bits per heavy atom. The van der Waals surface area contributed by atoms with Gasteiger partial charge in [-0.2, -0.15) is 0 Å². The van der Waals surface area contributed by atoms with Gasteiger partial charge in [-0.05, 0) is 41.9 Å². The predicted octanol–water partition coefficient (Wildman–Crippen LogP) is 2.48. The molecule has 0 spiro atoms. The van der Waals surface area contributed by atoms with Crippen LogP contribution in [-0.2, 0) is 29.0 Å². The first-order chi connectivity index (χ1) is 21.3.